The van der Waals surface area contributed by atoms with Gasteiger partial charge in [0.1, 0.15) is 5.15 Å². The molecule has 0 bridgehead atoms. The Morgan fingerprint density at radius 2 is 2.13 bits per heavy atom. The topological polar surface area (TPSA) is 53.4 Å². The SMILES string of the molecule is O=C(c1ccnc(Cl)c1)N1CCC[C@H]1C[C@H](O)c1ccccc1. The summed E-state index contributed by atoms with van der Waals surface area (Å²) in [6.45, 7) is 0.713. The van der Waals surface area contributed by atoms with Gasteiger partial charge in [-0.25, -0.2) is 4.98 Å². The molecule has 2 aromatic rings. The molecular weight excluding hydrogens is 312 g/mol. The van der Waals surface area contributed by atoms with E-state index in [0.717, 1.165) is 18.4 Å². The molecule has 2 atom stereocenters. The fourth-order valence-corrected chi connectivity index (χ4v) is 3.29. The maximum absolute atomic E-state index is 12.7. The molecule has 23 heavy (non-hydrogen) atoms. The minimum atomic E-state index is -0.560. The monoisotopic (exact) mass is 330 g/mol. The van der Waals surface area contributed by atoms with Gasteiger partial charge in [-0.15, -0.1) is 0 Å². The minimum Gasteiger partial charge on any atom is -0.388 e. The summed E-state index contributed by atoms with van der Waals surface area (Å²) in [4.78, 5) is 18.4. The quantitative estimate of drug-likeness (QED) is 0.873. The summed E-state index contributed by atoms with van der Waals surface area (Å²) in [5.74, 6) is -0.0444. The Labute approximate surface area is 140 Å². The van der Waals surface area contributed by atoms with Crippen LogP contribution in [0.3, 0.4) is 0 Å². The van der Waals surface area contributed by atoms with Gasteiger partial charge in [0, 0.05) is 24.3 Å². The molecule has 1 aliphatic heterocycles. The number of likely N-dealkylation sites (tertiary alicyclic amines) is 1. The molecule has 1 saturated heterocycles. The number of benzene rings is 1. The highest BCUT2D eigenvalue weighted by molar-refractivity contribution is 6.29. The van der Waals surface area contributed by atoms with Crippen molar-refractivity contribution in [3.8, 4) is 0 Å². The Bertz CT molecular complexity index is 678. The van der Waals surface area contributed by atoms with E-state index in [1.54, 1.807) is 18.3 Å². The van der Waals surface area contributed by atoms with Crippen molar-refractivity contribution in [1.82, 2.24) is 9.88 Å². The molecule has 0 saturated carbocycles. The van der Waals surface area contributed by atoms with Crippen LogP contribution in [0.25, 0.3) is 0 Å². The molecule has 1 aliphatic rings. The highest BCUT2D eigenvalue weighted by Crippen LogP contribution is 2.28. The Balaban J connectivity index is 1.71. The molecule has 120 valence electrons. The van der Waals surface area contributed by atoms with Gasteiger partial charge in [0.05, 0.1) is 6.10 Å². The second-order valence-electron chi connectivity index (χ2n) is 5.82. The number of halogens is 1. The van der Waals surface area contributed by atoms with E-state index in [2.05, 4.69) is 4.98 Å². The second kappa shape index (κ2) is 7.11. The average Bonchev–Trinajstić information content (AvgIpc) is 3.03. The summed E-state index contributed by atoms with van der Waals surface area (Å²) in [6, 6.07) is 12.9. The molecule has 1 N–H and O–H groups in total. The lowest BCUT2D eigenvalue weighted by Crippen LogP contribution is -2.36. The number of nitrogens with zero attached hydrogens (tertiary/aromatic N) is 2. The summed E-state index contributed by atoms with van der Waals surface area (Å²) in [5, 5.41) is 10.7. The highest BCUT2D eigenvalue weighted by atomic mass is 35.5. The Kier molecular flexibility index (Phi) is 4.94. The molecule has 0 radical (unpaired) electrons. The largest absolute Gasteiger partial charge is 0.388 e. The first-order valence-corrected chi connectivity index (χ1v) is 8.18. The van der Waals surface area contributed by atoms with E-state index in [9.17, 15) is 9.90 Å². The Morgan fingerprint density at radius 3 is 2.87 bits per heavy atom. The molecule has 0 unspecified atom stereocenters. The summed E-state index contributed by atoms with van der Waals surface area (Å²) in [7, 11) is 0. The number of rotatable bonds is 4. The Hall–Kier alpha value is -1.91. The van der Waals surface area contributed by atoms with Crippen molar-refractivity contribution in [3.05, 3.63) is 64.9 Å². The third-order valence-electron chi connectivity index (χ3n) is 4.29. The fraction of sp³-hybridized carbons (Fsp3) is 0.333. The normalized spacial score (nSPS) is 18.9. The van der Waals surface area contributed by atoms with Crippen molar-refractivity contribution in [2.45, 2.75) is 31.4 Å². The molecule has 1 aromatic heterocycles. The number of carbonyl (C=O) groups is 1. The van der Waals surface area contributed by atoms with Gasteiger partial charge in [-0.3, -0.25) is 4.79 Å². The molecule has 2 heterocycles. The van der Waals surface area contributed by atoms with Crippen LogP contribution in [0.4, 0.5) is 0 Å². The zero-order chi connectivity index (χ0) is 16.2. The lowest BCUT2D eigenvalue weighted by molar-refractivity contribution is 0.0667. The van der Waals surface area contributed by atoms with E-state index in [-0.39, 0.29) is 11.9 Å². The van der Waals surface area contributed by atoms with Crippen molar-refractivity contribution < 1.29 is 9.90 Å². The minimum absolute atomic E-state index is 0.0444. The second-order valence-corrected chi connectivity index (χ2v) is 6.21. The van der Waals surface area contributed by atoms with Gasteiger partial charge >= 0.3 is 0 Å². The van der Waals surface area contributed by atoms with Gasteiger partial charge in [-0.1, -0.05) is 41.9 Å². The van der Waals surface area contributed by atoms with Crippen LogP contribution >= 0.6 is 11.6 Å². The van der Waals surface area contributed by atoms with Crippen LogP contribution in [0.1, 0.15) is 41.3 Å². The third-order valence-corrected chi connectivity index (χ3v) is 4.50. The van der Waals surface area contributed by atoms with E-state index >= 15 is 0 Å². The van der Waals surface area contributed by atoms with E-state index in [4.69, 9.17) is 11.6 Å². The number of aliphatic hydroxyl groups is 1. The van der Waals surface area contributed by atoms with Crippen molar-refractivity contribution >= 4 is 17.5 Å². The number of hydrogen-bond donors (Lipinski definition) is 1. The predicted octanol–water partition coefficient (Wildman–Crippen LogP) is 3.46. The summed E-state index contributed by atoms with van der Waals surface area (Å²) in [6.07, 6.45) is 3.40. The third kappa shape index (κ3) is 3.71. The Morgan fingerprint density at radius 1 is 1.35 bits per heavy atom. The first-order valence-electron chi connectivity index (χ1n) is 7.80. The molecule has 3 rings (SSSR count). The van der Waals surface area contributed by atoms with Gasteiger partial charge in [-0.2, -0.15) is 0 Å². The first-order chi connectivity index (χ1) is 11.1. The number of carbonyl (C=O) groups excluding carboxylic acids is 1. The highest BCUT2D eigenvalue weighted by Gasteiger charge is 2.31. The van der Waals surface area contributed by atoms with Crippen molar-refractivity contribution in [2.24, 2.45) is 0 Å². The van der Waals surface area contributed by atoms with Crippen LogP contribution in [-0.2, 0) is 0 Å². The van der Waals surface area contributed by atoms with E-state index in [1.165, 1.54) is 0 Å². The van der Waals surface area contributed by atoms with Crippen LogP contribution < -0.4 is 0 Å². The lowest BCUT2D eigenvalue weighted by atomic mass is 10.0. The molecule has 1 aromatic carbocycles. The zero-order valence-electron chi connectivity index (χ0n) is 12.7. The fourth-order valence-electron chi connectivity index (χ4n) is 3.12. The number of aliphatic hydroxyl groups excluding tert-OH is 1. The van der Waals surface area contributed by atoms with Crippen LogP contribution in [0.2, 0.25) is 5.15 Å². The maximum Gasteiger partial charge on any atom is 0.254 e. The van der Waals surface area contributed by atoms with Gasteiger partial charge in [0.2, 0.25) is 0 Å². The van der Waals surface area contributed by atoms with Gasteiger partial charge in [0.25, 0.3) is 5.91 Å². The maximum atomic E-state index is 12.7. The van der Waals surface area contributed by atoms with Crippen molar-refractivity contribution in [1.29, 1.82) is 0 Å². The summed E-state index contributed by atoms with van der Waals surface area (Å²) >= 11 is 5.87. The summed E-state index contributed by atoms with van der Waals surface area (Å²) in [5.41, 5.74) is 1.44. The van der Waals surface area contributed by atoms with Crippen LogP contribution in [0, 0.1) is 0 Å². The van der Waals surface area contributed by atoms with Crippen LogP contribution in [0.15, 0.2) is 48.7 Å². The van der Waals surface area contributed by atoms with Gasteiger partial charge in [-0.05, 0) is 37.0 Å². The zero-order valence-corrected chi connectivity index (χ0v) is 13.5. The number of pyridine rings is 1. The van der Waals surface area contributed by atoms with Crippen LogP contribution in [0.5, 0.6) is 0 Å². The molecule has 1 fully saturated rings. The molecule has 4 nitrogen and oxygen atoms in total. The predicted molar refractivity (Wildman–Crippen MR) is 89.3 cm³/mol. The number of amides is 1. The molecule has 0 aliphatic carbocycles. The molecule has 5 heteroatoms. The van der Waals surface area contributed by atoms with E-state index < -0.39 is 6.10 Å². The van der Waals surface area contributed by atoms with Crippen LogP contribution in [-0.4, -0.2) is 33.5 Å². The average molecular weight is 331 g/mol. The van der Waals surface area contributed by atoms with E-state index in [1.807, 2.05) is 35.2 Å². The van der Waals surface area contributed by atoms with Crippen molar-refractivity contribution in [2.75, 3.05) is 6.54 Å². The van der Waals surface area contributed by atoms with Gasteiger partial charge < -0.3 is 10.0 Å². The van der Waals surface area contributed by atoms with Gasteiger partial charge in [0.15, 0.2) is 0 Å². The molecule has 0 spiro atoms. The smallest absolute Gasteiger partial charge is 0.254 e. The van der Waals surface area contributed by atoms with Crippen molar-refractivity contribution in [3.63, 3.8) is 0 Å². The number of aromatic nitrogens is 1. The number of hydrogen-bond acceptors (Lipinski definition) is 3. The van der Waals surface area contributed by atoms with E-state index in [0.29, 0.717) is 23.7 Å². The summed E-state index contributed by atoms with van der Waals surface area (Å²) < 4.78 is 0. The molecular formula is C18H19ClN2O2. The first kappa shape index (κ1) is 16.0. The molecule has 1 amide bonds. The standard InChI is InChI=1S/C18H19ClN2O2/c19-17-11-14(8-9-20-17)18(23)21-10-4-7-15(21)12-16(22)13-5-2-1-3-6-13/h1-3,5-6,8-9,11,15-16,22H,4,7,10,12H2/t15-,16-/m0/s1. The lowest BCUT2D eigenvalue weighted by Gasteiger charge is -2.27.